The van der Waals surface area contributed by atoms with E-state index in [0.717, 1.165) is 13.0 Å². The molecule has 2 rings (SSSR count). The summed E-state index contributed by atoms with van der Waals surface area (Å²) < 4.78 is 14.1. The highest BCUT2D eigenvalue weighted by Crippen LogP contribution is 2.45. The first-order valence-corrected chi connectivity index (χ1v) is 8.49. The predicted octanol–water partition coefficient (Wildman–Crippen LogP) is 5.22. The Morgan fingerprint density at radius 2 is 2.19 bits per heavy atom. The van der Waals surface area contributed by atoms with E-state index in [-0.39, 0.29) is 5.82 Å². The molecular formula is C18H27ClFN. The van der Waals surface area contributed by atoms with Gasteiger partial charge >= 0.3 is 0 Å². The quantitative estimate of drug-likeness (QED) is 0.760. The molecule has 1 aromatic carbocycles. The molecule has 0 spiro atoms. The van der Waals surface area contributed by atoms with E-state index in [2.05, 4.69) is 26.1 Å². The largest absolute Gasteiger partial charge is 0.313 e. The van der Waals surface area contributed by atoms with E-state index in [0.29, 0.717) is 34.4 Å². The number of halogens is 2. The number of rotatable bonds is 6. The SMILES string of the molecule is CCCNC(Cc1c(F)cccc1Cl)C1CCCC1(C)C. The van der Waals surface area contributed by atoms with Crippen molar-refractivity contribution in [1.82, 2.24) is 5.32 Å². The van der Waals surface area contributed by atoms with Crippen molar-refractivity contribution in [3.63, 3.8) is 0 Å². The highest BCUT2D eigenvalue weighted by Gasteiger charge is 2.39. The maximum Gasteiger partial charge on any atom is 0.127 e. The standard InChI is InChI=1S/C18H27ClFN/c1-4-11-21-17(14-7-6-10-18(14,2)3)12-13-15(19)8-5-9-16(13)20/h5,8-9,14,17,21H,4,6-7,10-12H2,1-3H3. The van der Waals surface area contributed by atoms with Gasteiger partial charge in [0.25, 0.3) is 0 Å². The van der Waals surface area contributed by atoms with Crippen LogP contribution in [0.25, 0.3) is 0 Å². The molecule has 0 radical (unpaired) electrons. The van der Waals surface area contributed by atoms with E-state index in [9.17, 15) is 4.39 Å². The summed E-state index contributed by atoms with van der Waals surface area (Å²) in [5.74, 6) is 0.404. The fourth-order valence-corrected chi connectivity index (χ4v) is 3.97. The second-order valence-electron chi connectivity index (χ2n) is 6.95. The molecule has 1 aromatic rings. The Kier molecular flexibility index (Phi) is 5.67. The zero-order chi connectivity index (χ0) is 15.5. The first-order valence-electron chi connectivity index (χ1n) is 8.12. The van der Waals surface area contributed by atoms with Gasteiger partial charge in [0.1, 0.15) is 5.82 Å². The second kappa shape index (κ2) is 7.11. The molecule has 0 bridgehead atoms. The average molecular weight is 312 g/mol. The zero-order valence-electron chi connectivity index (χ0n) is 13.4. The number of hydrogen-bond acceptors (Lipinski definition) is 1. The van der Waals surface area contributed by atoms with Crippen molar-refractivity contribution in [3.05, 3.63) is 34.6 Å². The van der Waals surface area contributed by atoms with Crippen LogP contribution in [0.3, 0.4) is 0 Å². The molecule has 0 saturated heterocycles. The normalized spacial score (nSPS) is 22.4. The van der Waals surface area contributed by atoms with Crippen molar-refractivity contribution in [2.75, 3.05) is 6.54 Å². The van der Waals surface area contributed by atoms with E-state index >= 15 is 0 Å². The van der Waals surface area contributed by atoms with Gasteiger partial charge in [-0.3, -0.25) is 0 Å². The lowest BCUT2D eigenvalue weighted by atomic mass is 9.75. The van der Waals surface area contributed by atoms with Crippen molar-refractivity contribution in [3.8, 4) is 0 Å². The van der Waals surface area contributed by atoms with Crippen LogP contribution in [0.4, 0.5) is 4.39 Å². The van der Waals surface area contributed by atoms with Gasteiger partial charge in [-0.25, -0.2) is 4.39 Å². The summed E-state index contributed by atoms with van der Waals surface area (Å²) in [6, 6.07) is 5.28. The van der Waals surface area contributed by atoms with Gasteiger partial charge in [-0.1, -0.05) is 44.9 Å². The van der Waals surface area contributed by atoms with Crippen LogP contribution in [0, 0.1) is 17.2 Å². The Hall–Kier alpha value is -0.600. The molecule has 2 unspecified atom stereocenters. The Morgan fingerprint density at radius 3 is 2.76 bits per heavy atom. The van der Waals surface area contributed by atoms with Crippen molar-refractivity contribution in [2.45, 2.75) is 58.9 Å². The van der Waals surface area contributed by atoms with E-state index in [1.54, 1.807) is 12.1 Å². The van der Waals surface area contributed by atoms with Gasteiger partial charge in [-0.15, -0.1) is 0 Å². The van der Waals surface area contributed by atoms with Crippen LogP contribution in [0.5, 0.6) is 0 Å². The highest BCUT2D eigenvalue weighted by molar-refractivity contribution is 6.31. The van der Waals surface area contributed by atoms with Crippen molar-refractivity contribution in [1.29, 1.82) is 0 Å². The molecule has 1 fully saturated rings. The summed E-state index contributed by atoms with van der Waals surface area (Å²) >= 11 is 6.22. The number of hydrogen-bond donors (Lipinski definition) is 1. The smallest absolute Gasteiger partial charge is 0.127 e. The third-order valence-corrected chi connectivity index (χ3v) is 5.32. The average Bonchev–Trinajstić information content (AvgIpc) is 2.77. The van der Waals surface area contributed by atoms with E-state index in [1.165, 1.54) is 25.3 Å². The third kappa shape index (κ3) is 3.98. The highest BCUT2D eigenvalue weighted by atomic mass is 35.5. The minimum atomic E-state index is -0.179. The van der Waals surface area contributed by atoms with Crippen LogP contribution in [0.15, 0.2) is 18.2 Å². The molecule has 3 heteroatoms. The fourth-order valence-electron chi connectivity index (χ4n) is 3.73. The zero-order valence-corrected chi connectivity index (χ0v) is 14.1. The molecule has 0 aromatic heterocycles. The maximum absolute atomic E-state index is 14.1. The first-order chi connectivity index (χ1) is 9.95. The molecule has 1 nitrogen and oxygen atoms in total. The van der Waals surface area contributed by atoms with Crippen LogP contribution in [-0.2, 0) is 6.42 Å². The van der Waals surface area contributed by atoms with Gasteiger partial charge in [0.15, 0.2) is 0 Å². The predicted molar refractivity (Wildman–Crippen MR) is 88.3 cm³/mol. The number of benzene rings is 1. The summed E-state index contributed by atoms with van der Waals surface area (Å²) in [5, 5.41) is 4.19. The third-order valence-electron chi connectivity index (χ3n) is 4.97. The summed E-state index contributed by atoms with van der Waals surface area (Å²) in [7, 11) is 0. The van der Waals surface area contributed by atoms with Crippen LogP contribution in [-0.4, -0.2) is 12.6 Å². The van der Waals surface area contributed by atoms with Gasteiger partial charge in [-0.2, -0.15) is 0 Å². The van der Waals surface area contributed by atoms with Crippen LogP contribution in [0.2, 0.25) is 5.02 Å². The lowest BCUT2D eigenvalue weighted by Crippen LogP contribution is -2.43. The van der Waals surface area contributed by atoms with Crippen LogP contribution >= 0.6 is 11.6 Å². The molecular weight excluding hydrogens is 285 g/mol. The van der Waals surface area contributed by atoms with Gasteiger partial charge < -0.3 is 5.32 Å². The summed E-state index contributed by atoms with van der Waals surface area (Å²) in [4.78, 5) is 0. The maximum atomic E-state index is 14.1. The topological polar surface area (TPSA) is 12.0 Å². The summed E-state index contributed by atoms with van der Waals surface area (Å²) in [6.07, 6.45) is 5.52. The molecule has 0 heterocycles. The van der Waals surface area contributed by atoms with Crippen molar-refractivity contribution < 1.29 is 4.39 Å². The monoisotopic (exact) mass is 311 g/mol. The van der Waals surface area contributed by atoms with Gasteiger partial charge in [0.2, 0.25) is 0 Å². The van der Waals surface area contributed by atoms with Gasteiger partial charge in [0, 0.05) is 16.6 Å². The van der Waals surface area contributed by atoms with Crippen molar-refractivity contribution in [2.24, 2.45) is 11.3 Å². The van der Waals surface area contributed by atoms with E-state index in [4.69, 9.17) is 11.6 Å². The summed E-state index contributed by atoms with van der Waals surface area (Å²) in [6.45, 7) is 7.83. The Morgan fingerprint density at radius 1 is 1.43 bits per heavy atom. The van der Waals surface area contributed by atoms with Crippen molar-refractivity contribution >= 4 is 11.6 Å². The van der Waals surface area contributed by atoms with Crippen LogP contribution in [0.1, 0.15) is 52.0 Å². The van der Waals surface area contributed by atoms with E-state index in [1.807, 2.05) is 0 Å². The molecule has 1 aliphatic rings. The molecule has 1 aliphatic carbocycles. The lowest BCUT2D eigenvalue weighted by molar-refractivity contribution is 0.195. The molecule has 1 N–H and O–H groups in total. The molecule has 0 amide bonds. The van der Waals surface area contributed by atoms with Gasteiger partial charge in [-0.05, 0) is 55.7 Å². The summed E-state index contributed by atoms with van der Waals surface area (Å²) in [5.41, 5.74) is 0.985. The Labute approximate surface area is 133 Å². The molecule has 21 heavy (non-hydrogen) atoms. The Balaban J connectivity index is 2.20. The number of nitrogens with one attached hydrogen (secondary N) is 1. The second-order valence-corrected chi connectivity index (χ2v) is 7.36. The Bertz CT molecular complexity index is 452. The lowest BCUT2D eigenvalue weighted by Gasteiger charge is -2.35. The van der Waals surface area contributed by atoms with Crippen LogP contribution < -0.4 is 5.32 Å². The molecule has 0 aliphatic heterocycles. The first kappa shape index (κ1) is 16.8. The molecule has 2 atom stereocenters. The minimum Gasteiger partial charge on any atom is -0.313 e. The molecule has 1 saturated carbocycles. The van der Waals surface area contributed by atoms with E-state index < -0.39 is 0 Å². The minimum absolute atomic E-state index is 0.179. The fraction of sp³-hybridized carbons (Fsp3) is 0.667. The molecule has 118 valence electrons. The van der Waals surface area contributed by atoms with Gasteiger partial charge in [0.05, 0.1) is 0 Å².